The van der Waals surface area contributed by atoms with Crippen LogP contribution in [0.1, 0.15) is 31.3 Å². The molecular weight excluding hydrogens is 138 g/mol. The van der Waals surface area contributed by atoms with Crippen LogP contribution in [0.15, 0.2) is 18.3 Å². The van der Waals surface area contributed by atoms with E-state index >= 15 is 0 Å². The number of aromatic nitrogens is 1. The van der Waals surface area contributed by atoms with Crippen molar-refractivity contribution in [2.24, 2.45) is 5.41 Å². The second-order valence-corrected chi connectivity index (χ2v) is 3.66. The minimum absolute atomic E-state index is 0.155. The maximum absolute atomic E-state index is 11.5. The van der Waals surface area contributed by atoms with Crippen molar-refractivity contribution in [2.75, 3.05) is 0 Å². The molecule has 1 rings (SSSR count). The van der Waals surface area contributed by atoms with Crippen LogP contribution in [-0.2, 0) is 0 Å². The SMILES string of the molecule is CC(C)(C)C(=O)c1ccc[nH]1. The van der Waals surface area contributed by atoms with Gasteiger partial charge in [0.1, 0.15) is 0 Å². The maximum atomic E-state index is 11.5. The highest BCUT2D eigenvalue weighted by molar-refractivity contribution is 5.98. The fourth-order valence-electron chi connectivity index (χ4n) is 0.876. The molecule has 0 radical (unpaired) electrons. The highest BCUT2D eigenvalue weighted by Crippen LogP contribution is 2.19. The van der Waals surface area contributed by atoms with Gasteiger partial charge in [0.05, 0.1) is 5.69 Å². The number of rotatable bonds is 1. The van der Waals surface area contributed by atoms with Gasteiger partial charge < -0.3 is 4.98 Å². The molecule has 0 aromatic carbocycles. The summed E-state index contributed by atoms with van der Waals surface area (Å²) in [5, 5.41) is 0. The summed E-state index contributed by atoms with van der Waals surface area (Å²) in [6.45, 7) is 5.74. The number of hydrogen-bond acceptors (Lipinski definition) is 1. The molecule has 1 aromatic heterocycles. The van der Waals surface area contributed by atoms with Gasteiger partial charge in [-0.3, -0.25) is 4.79 Å². The van der Waals surface area contributed by atoms with Crippen LogP contribution in [0.3, 0.4) is 0 Å². The van der Waals surface area contributed by atoms with E-state index in [4.69, 9.17) is 0 Å². The Morgan fingerprint density at radius 1 is 1.45 bits per heavy atom. The van der Waals surface area contributed by atoms with Crippen molar-refractivity contribution in [3.05, 3.63) is 24.0 Å². The number of aromatic amines is 1. The summed E-state index contributed by atoms with van der Waals surface area (Å²) in [7, 11) is 0. The van der Waals surface area contributed by atoms with E-state index in [2.05, 4.69) is 4.98 Å². The van der Waals surface area contributed by atoms with Crippen molar-refractivity contribution >= 4 is 5.78 Å². The van der Waals surface area contributed by atoms with E-state index in [-0.39, 0.29) is 11.2 Å². The van der Waals surface area contributed by atoms with Gasteiger partial charge in [-0.05, 0) is 12.1 Å². The molecule has 2 nitrogen and oxygen atoms in total. The van der Waals surface area contributed by atoms with E-state index in [1.54, 1.807) is 12.3 Å². The van der Waals surface area contributed by atoms with Crippen molar-refractivity contribution in [1.29, 1.82) is 0 Å². The largest absolute Gasteiger partial charge is 0.359 e. The quantitative estimate of drug-likeness (QED) is 0.613. The summed E-state index contributed by atoms with van der Waals surface area (Å²) in [5.41, 5.74) is 0.405. The molecule has 0 saturated carbocycles. The Morgan fingerprint density at radius 3 is 2.45 bits per heavy atom. The van der Waals surface area contributed by atoms with E-state index in [1.165, 1.54) is 0 Å². The Kier molecular flexibility index (Phi) is 1.85. The molecule has 0 bridgehead atoms. The average molecular weight is 151 g/mol. The third kappa shape index (κ3) is 1.70. The van der Waals surface area contributed by atoms with Crippen molar-refractivity contribution < 1.29 is 4.79 Å². The van der Waals surface area contributed by atoms with Crippen LogP contribution in [-0.4, -0.2) is 10.8 Å². The van der Waals surface area contributed by atoms with Crippen LogP contribution in [0.4, 0.5) is 0 Å². The molecule has 11 heavy (non-hydrogen) atoms. The zero-order chi connectivity index (χ0) is 8.48. The topological polar surface area (TPSA) is 32.9 Å². The molecule has 0 aliphatic rings. The van der Waals surface area contributed by atoms with Crippen LogP contribution in [0.2, 0.25) is 0 Å². The molecule has 0 atom stereocenters. The Bertz CT molecular complexity index is 241. The summed E-state index contributed by atoms with van der Waals surface area (Å²) in [6.07, 6.45) is 1.76. The predicted octanol–water partition coefficient (Wildman–Crippen LogP) is 2.24. The molecule has 0 unspecified atom stereocenters. The second kappa shape index (κ2) is 2.53. The maximum Gasteiger partial charge on any atom is 0.184 e. The van der Waals surface area contributed by atoms with Gasteiger partial charge in [-0.25, -0.2) is 0 Å². The van der Waals surface area contributed by atoms with Gasteiger partial charge in [-0.15, -0.1) is 0 Å². The molecule has 0 aliphatic carbocycles. The Labute approximate surface area is 66.6 Å². The molecule has 0 spiro atoms. The summed E-state index contributed by atoms with van der Waals surface area (Å²) < 4.78 is 0. The first-order valence-electron chi connectivity index (χ1n) is 3.70. The Hall–Kier alpha value is -1.05. The normalized spacial score (nSPS) is 11.5. The summed E-state index contributed by atoms with van der Waals surface area (Å²) in [5.74, 6) is 0.155. The van der Waals surface area contributed by atoms with Crippen LogP contribution in [0.25, 0.3) is 0 Å². The van der Waals surface area contributed by atoms with Crippen LogP contribution < -0.4 is 0 Å². The van der Waals surface area contributed by atoms with Crippen LogP contribution >= 0.6 is 0 Å². The number of H-pyrrole nitrogens is 1. The average Bonchev–Trinajstić information content (AvgIpc) is 2.34. The lowest BCUT2D eigenvalue weighted by Crippen LogP contribution is -2.20. The number of carbonyl (C=O) groups is 1. The van der Waals surface area contributed by atoms with Crippen molar-refractivity contribution in [3.63, 3.8) is 0 Å². The van der Waals surface area contributed by atoms with Gasteiger partial charge in [-0.1, -0.05) is 20.8 Å². The number of Topliss-reactive ketones (excluding diaryl/α,β-unsaturated/α-hetero) is 1. The third-order valence-electron chi connectivity index (χ3n) is 1.52. The Balaban J connectivity index is 2.88. The molecule has 60 valence electrons. The van der Waals surface area contributed by atoms with Crippen LogP contribution in [0.5, 0.6) is 0 Å². The fraction of sp³-hybridized carbons (Fsp3) is 0.444. The van der Waals surface area contributed by atoms with Gasteiger partial charge in [0, 0.05) is 11.6 Å². The smallest absolute Gasteiger partial charge is 0.184 e. The predicted molar refractivity (Wildman–Crippen MR) is 44.6 cm³/mol. The molecule has 0 saturated heterocycles. The summed E-state index contributed by atoms with van der Waals surface area (Å²) in [4.78, 5) is 14.4. The standard InChI is InChI=1S/C9H13NO/c1-9(2,3)8(11)7-5-4-6-10-7/h4-6,10H,1-3H3. The molecule has 1 N–H and O–H groups in total. The van der Waals surface area contributed by atoms with E-state index in [0.717, 1.165) is 0 Å². The van der Waals surface area contributed by atoms with E-state index in [0.29, 0.717) is 5.69 Å². The first kappa shape index (κ1) is 8.05. The highest BCUT2D eigenvalue weighted by atomic mass is 16.1. The molecule has 0 fully saturated rings. The fourth-order valence-corrected chi connectivity index (χ4v) is 0.876. The second-order valence-electron chi connectivity index (χ2n) is 3.66. The van der Waals surface area contributed by atoms with Gasteiger partial charge >= 0.3 is 0 Å². The van der Waals surface area contributed by atoms with Crippen molar-refractivity contribution in [3.8, 4) is 0 Å². The lowest BCUT2D eigenvalue weighted by Gasteiger charge is -2.14. The monoisotopic (exact) mass is 151 g/mol. The van der Waals surface area contributed by atoms with Gasteiger partial charge in [-0.2, -0.15) is 0 Å². The molecular formula is C9H13NO. The first-order chi connectivity index (χ1) is 5.02. The number of ketones is 1. The summed E-state index contributed by atoms with van der Waals surface area (Å²) in [6, 6.07) is 3.63. The van der Waals surface area contributed by atoms with Gasteiger partial charge in [0.2, 0.25) is 0 Å². The van der Waals surface area contributed by atoms with Crippen LogP contribution in [0, 0.1) is 5.41 Å². The minimum atomic E-state index is -0.287. The van der Waals surface area contributed by atoms with E-state index in [9.17, 15) is 4.79 Å². The minimum Gasteiger partial charge on any atom is -0.359 e. The zero-order valence-electron chi connectivity index (χ0n) is 7.14. The van der Waals surface area contributed by atoms with Gasteiger partial charge in [0.25, 0.3) is 0 Å². The molecule has 0 amide bonds. The van der Waals surface area contributed by atoms with Crippen molar-refractivity contribution in [1.82, 2.24) is 4.98 Å². The highest BCUT2D eigenvalue weighted by Gasteiger charge is 2.22. The van der Waals surface area contributed by atoms with E-state index in [1.807, 2.05) is 26.8 Å². The Morgan fingerprint density at radius 2 is 2.09 bits per heavy atom. The third-order valence-corrected chi connectivity index (χ3v) is 1.52. The van der Waals surface area contributed by atoms with Crippen molar-refractivity contribution in [2.45, 2.75) is 20.8 Å². The number of nitrogens with one attached hydrogen (secondary N) is 1. The molecule has 1 aromatic rings. The number of carbonyl (C=O) groups excluding carboxylic acids is 1. The molecule has 0 aliphatic heterocycles. The van der Waals surface area contributed by atoms with E-state index < -0.39 is 0 Å². The molecule has 2 heteroatoms. The molecule has 1 heterocycles. The van der Waals surface area contributed by atoms with Gasteiger partial charge in [0.15, 0.2) is 5.78 Å². The number of hydrogen-bond donors (Lipinski definition) is 1. The lowest BCUT2D eigenvalue weighted by atomic mass is 9.89. The summed E-state index contributed by atoms with van der Waals surface area (Å²) >= 11 is 0. The zero-order valence-corrected chi connectivity index (χ0v) is 7.14. The first-order valence-corrected chi connectivity index (χ1v) is 3.70. The lowest BCUT2D eigenvalue weighted by molar-refractivity contribution is 0.0853.